The predicted molar refractivity (Wildman–Crippen MR) is 82.1 cm³/mol. The molecule has 2 rings (SSSR count). The first-order chi connectivity index (χ1) is 9.95. The highest BCUT2D eigenvalue weighted by Crippen LogP contribution is 2.19. The van der Waals surface area contributed by atoms with Crippen LogP contribution in [-0.4, -0.2) is 18.5 Å². The second-order valence-corrected chi connectivity index (χ2v) is 6.36. The molecule has 2 aromatic rings. The van der Waals surface area contributed by atoms with Crippen LogP contribution in [0.15, 0.2) is 34.8 Å². The molecule has 7 heteroatoms. The van der Waals surface area contributed by atoms with Gasteiger partial charge in [-0.3, -0.25) is 4.79 Å². The standard InChI is InChI=1S/C14H11BrFNO3S/c1-8-2-5-12(21-8)14(19)20-7-13(18)17-11-4-3-9(15)6-10(11)16/h2-6H,7H2,1H3,(H,17,18). The maximum absolute atomic E-state index is 13.5. The number of carbonyl (C=O) groups is 2. The minimum atomic E-state index is -0.599. The van der Waals surface area contributed by atoms with E-state index in [4.69, 9.17) is 4.74 Å². The second-order valence-electron chi connectivity index (χ2n) is 4.16. The molecule has 21 heavy (non-hydrogen) atoms. The molecule has 0 saturated heterocycles. The SMILES string of the molecule is Cc1ccc(C(=O)OCC(=O)Nc2ccc(Br)cc2F)s1. The van der Waals surface area contributed by atoms with E-state index in [0.717, 1.165) is 4.88 Å². The van der Waals surface area contributed by atoms with E-state index in [1.165, 1.54) is 23.5 Å². The van der Waals surface area contributed by atoms with E-state index in [1.54, 1.807) is 18.2 Å². The van der Waals surface area contributed by atoms with Crippen molar-refractivity contribution in [2.24, 2.45) is 0 Å². The van der Waals surface area contributed by atoms with Crippen LogP contribution < -0.4 is 5.32 Å². The zero-order chi connectivity index (χ0) is 15.4. The lowest BCUT2D eigenvalue weighted by Gasteiger charge is -2.07. The van der Waals surface area contributed by atoms with Gasteiger partial charge in [-0.1, -0.05) is 15.9 Å². The summed E-state index contributed by atoms with van der Waals surface area (Å²) in [5.41, 5.74) is 0.0335. The van der Waals surface area contributed by atoms with Gasteiger partial charge in [0.05, 0.1) is 5.69 Å². The number of aryl methyl sites for hydroxylation is 1. The molecule has 1 aromatic heterocycles. The number of esters is 1. The molecule has 1 aromatic carbocycles. The van der Waals surface area contributed by atoms with Crippen molar-refractivity contribution in [2.75, 3.05) is 11.9 Å². The third-order valence-corrected chi connectivity index (χ3v) is 3.96. The molecule has 0 unspecified atom stereocenters. The van der Waals surface area contributed by atoms with Crippen LogP contribution in [0.25, 0.3) is 0 Å². The molecule has 0 aliphatic carbocycles. The van der Waals surface area contributed by atoms with E-state index in [1.807, 2.05) is 6.92 Å². The van der Waals surface area contributed by atoms with Gasteiger partial charge in [-0.15, -0.1) is 11.3 Å². The van der Waals surface area contributed by atoms with Crippen LogP contribution >= 0.6 is 27.3 Å². The average Bonchev–Trinajstić information content (AvgIpc) is 2.86. The fourth-order valence-corrected chi connectivity index (χ4v) is 2.62. The molecule has 0 atom stereocenters. The maximum atomic E-state index is 13.5. The predicted octanol–water partition coefficient (Wildman–Crippen LogP) is 3.75. The molecule has 0 bridgehead atoms. The van der Waals surface area contributed by atoms with Crippen LogP contribution in [0.2, 0.25) is 0 Å². The van der Waals surface area contributed by atoms with Crippen molar-refractivity contribution < 1.29 is 18.7 Å². The number of hydrogen-bond donors (Lipinski definition) is 1. The Hall–Kier alpha value is -1.73. The fraction of sp³-hybridized carbons (Fsp3) is 0.143. The smallest absolute Gasteiger partial charge is 0.348 e. The lowest BCUT2D eigenvalue weighted by Crippen LogP contribution is -2.21. The summed E-state index contributed by atoms with van der Waals surface area (Å²) in [5, 5.41) is 2.34. The minimum Gasteiger partial charge on any atom is -0.451 e. The first kappa shape index (κ1) is 15.7. The van der Waals surface area contributed by atoms with Crippen LogP contribution in [0, 0.1) is 12.7 Å². The minimum absolute atomic E-state index is 0.0335. The molecule has 0 fully saturated rings. The third kappa shape index (κ3) is 4.37. The normalized spacial score (nSPS) is 10.2. The molecular formula is C14H11BrFNO3S. The van der Waals surface area contributed by atoms with E-state index < -0.39 is 24.3 Å². The molecule has 1 heterocycles. The van der Waals surface area contributed by atoms with Gasteiger partial charge in [0.2, 0.25) is 0 Å². The summed E-state index contributed by atoms with van der Waals surface area (Å²) in [6, 6.07) is 7.67. The van der Waals surface area contributed by atoms with Crippen LogP contribution in [0.4, 0.5) is 10.1 Å². The van der Waals surface area contributed by atoms with Gasteiger partial charge < -0.3 is 10.1 Å². The van der Waals surface area contributed by atoms with E-state index in [2.05, 4.69) is 21.2 Å². The number of ether oxygens (including phenoxy) is 1. The molecular weight excluding hydrogens is 361 g/mol. The topological polar surface area (TPSA) is 55.4 Å². The average molecular weight is 372 g/mol. The quantitative estimate of drug-likeness (QED) is 0.832. The van der Waals surface area contributed by atoms with Crippen molar-refractivity contribution in [1.82, 2.24) is 0 Å². The molecule has 0 aliphatic heterocycles. The lowest BCUT2D eigenvalue weighted by atomic mass is 10.3. The van der Waals surface area contributed by atoms with Gasteiger partial charge in [-0.25, -0.2) is 9.18 Å². The van der Waals surface area contributed by atoms with Crippen molar-refractivity contribution in [3.63, 3.8) is 0 Å². The molecule has 0 aliphatic rings. The van der Waals surface area contributed by atoms with Crippen LogP contribution in [0.3, 0.4) is 0 Å². The van der Waals surface area contributed by atoms with E-state index in [0.29, 0.717) is 9.35 Å². The van der Waals surface area contributed by atoms with Crippen molar-refractivity contribution in [1.29, 1.82) is 0 Å². The molecule has 4 nitrogen and oxygen atoms in total. The monoisotopic (exact) mass is 371 g/mol. The molecule has 1 amide bonds. The maximum Gasteiger partial charge on any atom is 0.348 e. The van der Waals surface area contributed by atoms with Gasteiger partial charge in [0.15, 0.2) is 6.61 Å². The Kier molecular flexibility index (Phi) is 5.08. The Morgan fingerprint density at radius 2 is 2.10 bits per heavy atom. The van der Waals surface area contributed by atoms with E-state index in [9.17, 15) is 14.0 Å². The summed E-state index contributed by atoms with van der Waals surface area (Å²) in [6.07, 6.45) is 0. The van der Waals surface area contributed by atoms with Gasteiger partial charge in [0, 0.05) is 9.35 Å². The van der Waals surface area contributed by atoms with E-state index >= 15 is 0 Å². The Morgan fingerprint density at radius 3 is 2.71 bits per heavy atom. The number of anilines is 1. The highest BCUT2D eigenvalue weighted by atomic mass is 79.9. The van der Waals surface area contributed by atoms with Gasteiger partial charge in [0.1, 0.15) is 10.7 Å². The summed E-state index contributed by atoms with van der Waals surface area (Å²) in [4.78, 5) is 24.7. The number of amides is 1. The molecule has 110 valence electrons. The third-order valence-electron chi connectivity index (χ3n) is 2.48. The Balaban J connectivity index is 1.89. The molecule has 0 spiro atoms. The Morgan fingerprint density at radius 1 is 1.33 bits per heavy atom. The second kappa shape index (κ2) is 6.82. The zero-order valence-corrected chi connectivity index (χ0v) is 13.4. The first-order valence-corrected chi connectivity index (χ1v) is 7.55. The number of hydrogen-bond acceptors (Lipinski definition) is 4. The number of benzene rings is 1. The molecule has 1 N–H and O–H groups in total. The Labute approximate surface area is 133 Å². The highest BCUT2D eigenvalue weighted by molar-refractivity contribution is 9.10. The van der Waals surface area contributed by atoms with Gasteiger partial charge in [-0.05, 0) is 37.3 Å². The van der Waals surface area contributed by atoms with E-state index in [-0.39, 0.29) is 5.69 Å². The largest absolute Gasteiger partial charge is 0.451 e. The van der Waals surface area contributed by atoms with Crippen molar-refractivity contribution in [3.8, 4) is 0 Å². The number of rotatable bonds is 4. The van der Waals surface area contributed by atoms with Crippen molar-refractivity contribution in [3.05, 3.63) is 50.4 Å². The summed E-state index contributed by atoms with van der Waals surface area (Å²) in [7, 11) is 0. The van der Waals surface area contributed by atoms with Crippen molar-refractivity contribution in [2.45, 2.75) is 6.92 Å². The van der Waals surface area contributed by atoms with Crippen LogP contribution in [-0.2, 0) is 9.53 Å². The van der Waals surface area contributed by atoms with Gasteiger partial charge in [-0.2, -0.15) is 0 Å². The van der Waals surface area contributed by atoms with Gasteiger partial charge >= 0.3 is 5.97 Å². The van der Waals surface area contributed by atoms with Crippen LogP contribution in [0.1, 0.15) is 14.5 Å². The van der Waals surface area contributed by atoms with Crippen molar-refractivity contribution >= 4 is 44.8 Å². The summed E-state index contributed by atoms with van der Waals surface area (Å²) >= 11 is 4.40. The Bertz CT molecular complexity index is 687. The summed E-state index contributed by atoms with van der Waals surface area (Å²) in [6.45, 7) is 1.40. The molecule has 0 saturated carbocycles. The zero-order valence-electron chi connectivity index (χ0n) is 11.0. The summed E-state index contributed by atoms with van der Waals surface area (Å²) in [5.74, 6) is -1.74. The van der Waals surface area contributed by atoms with Gasteiger partial charge in [0.25, 0.3) is 5.91 Å². The lowest BCUT2D eigenvalue weighted by molar-refractivity contribution is -0.119. The number of nitrogens with one attached hydrogen (secondary N) is 1. The number of carbonyl (C=O) groups excluding carboxylic acids is 2. The summed E-state index contributed by atoms with van der Waals surface area (Å²) < 4.78 is 19.0. The van der Waals surface area contributed by atoms with Crippen LogP contribution in [0.5, 0.6) is 0 Å². The fourth-order valence-electron chi connectivity index (χ4n) is 1.52. The number of thiophene rings is 1. The highest BCUT2D eigenvalue weighted by Gasteiger charge is 2.13. The number of halogens is 2. The molecule has 0 radical (unpaired) electrons. The first-order valence-electron chi connectivity index (χ1n) is 5.94.